The van der Waals surface area contributed by atoms with Crippen LogP contribution in [0.25, 0.3) is 0 Å². The van der Waals surface area contributed by atoms with Crippen molar-refractivity contribution in [1.29, 1.82) is 0 Å². The van der Waals surface area contributed by atoms with E-state index in [9.17, 15) is 9.59 Å². The van der Waals surface area contributed by atoms with Crippen LogP contribution in [0, 0.1) is 0 Å². The van der Waals surface area contributed by atoms with Gasteiger partial charge in [-0.2, -0.15) is 0 Å². The average Bonchev–Trinajstić information content (AvgIpc) is 2.71. The topological polar surface area (TPSA) is 81.4 Å². The molecule has 29 heavy (non-hydrogen) atoms. The van der Waals surface area contributed by atoms with Gasteiger partial charge in [0.1, 0.15) is 6.04 Å². The van der Waals surface area contributed by atoms with Crippen molar-refractivity contribution in [1.82, 2.24) is 5.32 Å². The van der Waals surface area contributed by atoms with Gasteiger partial charge in [0.25, 0.3) is 0 Å². The molecule has 1 atom stereocenters. The van der Waals surface area contributed by atoms with Gasteiger partial charge < -0.3 is 15.8 Å². The fourth-order valence-electron chi connectivity index (χ4n) is 3.38. The van der Waals surface area contributed by atoms with Crippen molar-refractivity contribution in [3.8, 4) is 0 Å². The number of esters is 1. The van der Waals surface area contributed by atoms with Crippen LogP contribution in [0.2, 0.25) is 0 Å². The molecule has 0 aromatic rings. The molecule has 1 amide bonds. The zero-order chi connectivity index (χ0) is 21.6. The summed E-state index contributed by atoms with van der Waals surface area (Å²) in [5.74, 6) is -0.339. The first-order valence-electron chi connectivity index (χ1n) is 12.3. The first-order chi connectivity index (χ1) is 14.2. The minimum absolute atomic E-state index is 0.0360. The minimum atomic E-state index is -0.529. The second-order valence-electron chi connectivity index (χ2n) is 8.21. The molecule has 5 nitrogen and oxygen atoms in total. The van der Waals surface area contributed by atoms with E-state index in [1.165, 1.54) is 57.8 Å². The van der Waals surface area contributed by atoms with Gasteiger partial charge >= 0.3 is 5.97 Å². The van der Waals surface area contributed by atoms with Crippen LogP contribution >= 0.6 is 0 Å². The van der Waals surface area contributed by atoms with E-state index in [1.54, 1.807) is 0 Å². The van der Waals surface area contributed by atoms with Crippen molar-refractivity contribution in [2.45, 2.75) is 129 Å². The number of unbranched alkanes of at least 4 members (excludes halogenated alkanes) is 12. The van der Waals surface area contributed by atoms with Gasteiger partial charge in [-0.25, -0.2) is 4.79 Å². The van der Waals surface area contributed by atoms with Gasteiger partial charge in [-0.3, -0.25) is 4.79 Å². The van der Waals surface area contributed by atoms with Crippen LogP contribution in [-0.2, 0) is 14.3 Å². The number of ether oxygens (including phenoxy) is 1. The number of nitrogens with one attached hydrogen (secondary N) is 1. The number of carbonyl (C=O) groups is 2. The molecular formula is C24H48N2O3. The lowest BCUT2D eigenvalue weighted by Gasteiger charge is -2.17. The molecule has 0 heterocycles. The number of carbonyl (C=O) groups excluding carboxylic acids is 2. The van der Waals surface area contributed by atoms with Crippen LogP contribution in [0.5, 0.6) is 0 Å². The molecule has 0 saturated heterocycles. The van der Waals surface area contributed by atoms with Crippen molar-refractivity contribution in [3.63, 3.8) is 0 Å². The molecule has 0 rings (SSSR count). The maximum Gasteiger partial charge on any atom is 0.328 e. The van der Waals surface area contributed by atoms with Crippen molar-refractivity contribution in [2.24, 2.45) is 5.73 Å². The highest BCUT2D eigenvalue weighted by Crippen LogP contribution is 2.12. The van der Waals surface area contributed by atoms with Gasteiger partial charge in [0.2, 0.25) is 5.91 Å². The Morgan fingerprint density at radius 3 is 1.86 bits per heavy atom. The molecule has 172 valence electrons. The fourth-order valence-corrected chi connectivity index (χ4v) is 3.38. The van der Waals surface area contributed by atoms with Gasteiger partial charge in [-0.15, -0.1) is 0 Å². The normalized spacial score (nSPS) is 12.0. The lowest BCUT2D eigenvalue weighted by Crippen LogP contribution is -2.42. The van der Waals surface area contributed by atoms with Crippen LogP contribution in [0.15, 0.2) is 0 Å². The van der Waals surface area contributed by atoms with Crippen LogP contribution in [0.1, 0.15) is 123 Å². The Morgan fingerprint density at radius 2 is 1.31 bits per heavy atom. The van der Waals surface area contributed by atoms with Crippen LogP contribution in [0.4, 0.5) is 0 Å². The average molecular weight is 413 g/mol. The zero-order valence-electron chi connectivity index (χ0n) is 19.3. The smallest absolute Gasteiger partial charge is 0.328 e. The highest BCUT2D eigenvalue weighted by atomic mass is 16.5. The van der Waals surface area contributed by atoms with Crippen LogP contribution in [-0.4, -0.2) is 31.1 Å². The molecule has 0 aromatic heterocycles. The first kappa shape index (κ1) is 27.9. The van der Waals surface area contributed by atoms with Crippen molar-refractivity contribution >= 4 is 11.9 Å². The van der Waals surface area contributed by atoms with E-state index >= 15 is 0 Å². The van der Waals surface area contributed by atoms with E-state index in [2.05, 4.69) is 19.2 Å². The molecule has 3 N–H and O–H groups in total. The van der Waals surface area contributed by atoms with Gasteiger partial charge in [-0.1, -0.05) is 84.5 Å². The molecule has 0 aromatic carbocycles. The molecular weight excluding hydrogens is 364 g/mol. The van der Waals surface area contributed by atoms with Crippen molar-refractivity contribution < 1.29 is 14.3 Å². The van der Waals surface area contributed by atoms with E-state index < -0.39 is 6.04 Å². The molecule has 0 aliphatic rings. The Hall–Kier alpha value is -1.10. The standard InChI is InChI=1S/C24H48N2O3/c1-3-5-7-8-9-10-11-12-13-14-15-19-23(27)26-22(18-16-17-20-25)24(28)29-21-6-4-2/h22H,3-21,25H2,1-2H3,(H,26,27)/t22-/m0/s1. The fraction of sp³-hybridized carbons (Fsp3) is 0.917. The first-order valence-corrected chi connectivity index (χ1v) is 12.3. The van der Waals surface area contributed by atoms with E-state index in [4.69, 9.17) is 10.5 Å². The maximum absolute atomic E-state index is 12.2. The third-order valence-corrected chi connectivity index (χ3v) is 5.32. The van der Waals surface area contributed by atoms with E-state index in [0.29, 0.717) is 26.0 Å². The number of rotatable bonds is 21. The lowest BCUT2D eigenvalue weighted by atomic mass is 10.0. The monoisotopic (exact) mass is 412 g/mol. The Balaban J connectivity index is 3.86. The van der Waals surface area contributed by atoms with Gasteiger partial charge in [0.15, 0.2) is 0 Å². The number of amides is 1. The predicted octanol–water partition coefficient (Wildman–Crippen LogP) is 5.64. The van der Waals surface area contributed by atoms with Crippen LogP contribution in [0.3, 0.4) is 0 Å². The molecule has 0 saturated carbocycles. The number of nitrogens with two attached hydrogens (primary N) is 1. The zero-order valence-corrected chi connectivity index (χ0v) is 19.3. The summed E-state index contributed by atoms with van der Waals surface area (Å²) in [6, 6.07) is -0.529. The van der Waals surface area contributed by atoms with Crippen molar-refractivity contribution in [3.05, 3.63) is 0 Å². The van der Waals surface area contributed by atoms with Crippen molar-refractivity contribution in [2.75, 3.05) is 13.2 Å². The molecule has 0 radical (unpaired) electrons. The Labute approximate surface area is 179 Å². The SMILES string of the molecule is CCCCCCCCCCCCCC(=O)N[C@@H](CCCCN)C(=O)OCCCC. The molecule has 0 bridgehead atoms. The summed E-state index contributed by atoms with van der Waals surface area (Å²) in [6.45, 7) is 5.34. The molecule has 0 aliphatic carbocycles. The summed E-state index contributed by atoms with van der Waals surface area (Å²) in [4.78, 5) is 24.5. The molecule has 5 heteroatoms. The van der Waals surface area contributed by atoms with Crippen LogP contribution < -0.4 is 11.1 Å². The Kier molecular flexibility index (Phi) is 20.8. The van der Waals surface area contributed by atoms with E-state index in [1.807, 2.05) is 0 Å². The van der Waals surface area contributed by atoms with E-state index in [0.717, 1.165) is 38.5 Å². The Morgan fingerprint density at radius 1 is 0.759 bits per heavy atom. The number of hydrogen-bond acceptors (Lipinski definition) is 4. The molecule has 0 aliphatic heterocycles. The quantitative estimate of drug-likeness (QED) is 0.189. The summed E-state index contributed by atoms with van der Waals surface area (Å²) in [7, 11) is 0. The number of hydrogen-bond donors (Lipinski definition) is 2. The second-order valence-corrected chi connectivity index (χ2v) is 8.21. The molecule has 0 unspecified atom stereocenters. The largest absolute Gasteiger partial charge is 0.464 e. The summed E-state index contributed by atoms with van der Waals surface area (Å²) >= 11 is 0. The van der Waals surface area contributed by atoms with E-state index in [-0.39, 0.29) is 11.9 Å². The second kappa shape index (κ2) is 21.6. The summed E-state index contributed by atoms with van der Waals surface area (Å²) in [5.41, 5.74) is 5.54. The van der Waals surface area contributed by atoms with Gasteiger partial charge in [0, 0.05) is 6.42 Å². The third-order valence-electron chi connectivity index (χ3n) is 5.32. The summed E-state index contributed by atoms with van der Waals surface area (Å²) < 4.78 is 5.30. The summed E-state index contributed by atoms with van der Waals surface area (Å²) in [5, 5.41) is 2.88. The third kappa shape index (κ3) is 18.7. The lowest BCUT2D eigenvalue weighted by molar-refractivity contribution is -0.148. The Bertz CT molecular complexity index is 388. The van der Waals surface area contributed by atoms with Gasteiger partial charge in [-0.05, 0) is 38.6 Å². The highest BCUT2D eigenvalue weighted by Gasteiger charge is 2.21. The maximum atomic E-state index is 12.2. The summed E-state index contributed by atoms with van der Waals surface area (Å²) in [6.07, 6.45) is 18.5. The molecule has 0 fully saturated rings. The molecule has 0 spiro atoms. The minimum Gasteiger partial charge on any atom is -0.464 e. The highest BCUT2D eigenvalue weighted by molar-refractivity contribution is 5.84. The predicted molar refractivity (Wildman–Crippen MR) is 122 cm³/mol. The van der Waals surface area contributed by atoms with Gasteiger partial charge in [0.05, 0.1) is 6.61 Å².